The molecule has 0 amide bonds. The Bertz CT molecular complexity index is 885. The summed E-state index contributed by atoms with van der Waals surface area (Å²) in [4.78, 5) is 10.3. The van der Waals surface area contributed by atoms with Gasteiger partial charge in [-0.15, -0.1) is 11.3 Å². The molecule has 1 aliphatic carbocycles. The molecule has 3 heterocycles. The third-order valence-corrected chi connectivity index (χ3v) is 6.04. The summed E-state index contributed by atoms with van der Waals surface area (Å²) in [5.74, 6) is 2.22. The second-order valence-electron chi connectivity index (χ2n) is 6.02. The van der Waals surface area contributed by atoms with Gasteiger partial charge in [-0.25, -0.2) is 4.98 Å². The first-order valence-electron chi connectivity index (χ1n) is 8.10. The van der Waals surface area contributed by atoms with Crippen molar-refractivity contribution in [2.45, 2.75) is 38.6 Å². The SMILES string of the molecule is Cc1c(C2CC=CCC2)sc2c(NCc3ccco3)nc(Cl)nc12. The molecule has 6 heteroatoms. The second-order valence-corrected chi connectivity index (χ2v) is 7.41. The van der Waals surface area contributed by atoms with E-state index in [0.29, 0.717) is 12.5 Å². The highest BCUT2D eigenvalue weighted by Gasteiger charge is 2.22. The van der Waals surface area contributed by atoms with Crippen LogP contribution in [0.25, 0.3) is 10.2 Å². The predicted molar refractivity (Wildman–Crippen MR) is 98.9 cm³/mol. The predicted octanol–water partition coefficient (Wildman–Crippen LogP) is 5.68. The summed E-state index contributed by atoms with van der Waals surface area (Å²) in [6, 6.07) is 3.82. The maximum absolute atomic E-state index is 6.16. The van der Waals surface area contributed by atoms with Crippen LogP contribution < -0.4 is 5.32 Å². The monoisotopic (exact) mass is 359 g/mol. The van der Waals surface area contributed by atoms with Gasteiger partial charge in [0.05, 0.1) is 23.0 Å². The number of allylic oxidation sites excluding steroid dienone is 2. The number of furan rings is 1. The molecule has 0 aliphatic heterocycles. The summed E-state index contributed by atoms with van der Waals surface area (Å²) in [6.07, 6.45) is 9.67. The molecule has 0 bridgehead atoms. The average Bonchev–Trinajstić information content (AvgIpc) is 3.22. The maximum atomic E-state index is 6.16. The van der Waals surface area contributed by atoms with E-state index < -0.39 is 0 Å². The summed E-state index contributed by atoms with van der Waals surface area (Å²) >= 11 is 7.95. The van der Waals surface area contributed by atoms with E-state index in [2.05, 4.69) is 34.4 Å². The first-order valence-corrected chi connectivity index (χ1v) is 9.29. The number of nitrogens with zero attached hydrogens (tertiary/aromatic N) is 2. The Balaban J connectivity index is 1.72. The average molecular weight is 360 g/mol. The number of anilines is 1. The number of nitrogens with one attached hydrogen (secondary N) is 1. The van der Waals surface area contributed by atoms with Crippen molar-refractivity contribution in [1.29, 1.82) is 0 Å². The van der Waals surface area contributed by atoms with Gasteiger partial charge in [0.25, 0.3) is 0 Å². The van der Waals surface area contributed by atoms with Crippen LogP contribution in [-0.4, -0.2) is 9.97 Å². The summed E-state index contributed by atoms with van der Waals surface area (Å²) < 4.78 is 6.46. The smallest absolute Gasteiger partial charge is 0.224 e. The Morgan fingerprint density at radius 2 is 2.29 bits per heavy atom. The van der Waals surface area contributed by atoms with Crippen molar-refractivity contribution >= 4 is 39.0 Å². The Hall–Kier alpha value is -1.85. The van der Waals surface area contributed by atoms with Crippen LogP contribution in [0.4, 0.5) is 5.82 Å². The first kappa shape index (κ1) is 15.7. The minimum Gasteiger partial charge on any atom is -0.467 e. The van der Waals surface area contributed by atoms with Crippen molar-refractivity contribution in [2.24, 2.45) is 0 Å². The number of rotatable bonds is 4. The quantitative estimate of drug-likeness (QED) is 0.480. The van der Waals surface area contributed by atoms with Crippen molar-refractivity contribution in [3.63, 3.8) is 0 Å². The summed E-state index contributed by atoms with van der Waals surface area (Å²) in [6.45, 7) is 2.72. The Kier molecular flexibility index (Phi) is 4.29. The van der Waals surface area contributed by atoms with Crippen molar-refractivity contribution in [2.75, 3.05) is 5.32 Å². The van der Waals surface area contributed by atoms with Crippen LogP contribution >= 0.6 is 22.9 Å². The standard InChI is InChI=1S/C18H18ClN3OS/c1-11-14-16(24-15(11)12-6-3-2-4-7-12)17(22-18(19)21-14)20-10-13-8-5-9-23-13/h2-3,5,8-9,12H,4,6-7,10H2,1H3,(H,20,21,22). The van der Waals surface area contributed by atoms with Crippen molar-refractivity contribution in [1.82, 2.24) is 9.97 Å². The lowest BCUT2D eigenvalue weighted by Gasteiger charge is -2.16. The minimum absolute atomic E-state index is 0.278. The van der Waals surface area contributed by atoms with Gasteiger partial charge < -0.3 is 9.73 Å². The van der Waals surface area contributed by atoms with E-state index in [4.69, 9.17) is 16.0 Å². The van der Waals surface area contributed by atoms with E-state index >= 15 is 0 Å². The zero-order chi connectivity index (χ0) is 16.5. The molecular formula is C18H18ClN3OS. The van der Waals surface area contributed by atoms with Crippen LogP contribution in [0.5, 0.6) is 0 Å². The van der Waals surface area contributed by atoms with Crippen LogP contribution in [0.1, 0.15) is 41.4 Å². The fourth-order valence-corrected chi connectivity index (χ4v) is 4.73. The second kappa shape index (κ2) is 6.57. The van der Waals surface area contributed by atoms with Gasteiger partial charge in [0.1, 0.15) is 11.6 Å². The molecule has 24 heavy (non-hydrogen) atoms. The van der Waals surface area contributed by atoms with Crippen molar-refractivity contribution in [3.8, 4) is 0 Å². The number of hydrogen-bond acceptors (Lipinski definition) is 5. The van der Waals surface area contributed by atoms with Crippen LogP contribution in [0.3, 0.4) is 0 Å². The molecule has 0 fully saturated rings. The Morgan fingerprint density at radius 1 is 1.38 bits per heavy atom. The van der Waals surface area contributed by atoms with Crippen LogP contribution in [0.15, 0.2) is 35.0 Å². The highest BCUT2D eigenvalue weighted by atomic mass is 35.5. The molecule has 3 aromatic rings. The van der Waals surface area contributed by atoms with Gasteiger partial charge in [0.2, 0.25) is 5.28 Å². The lowest BCUT2D eigenvalue weighted by molar-refractivity contribution is 0.518. The molecule has 1 unspecified atom stereocenters. The molecule has 0 aromatic carbocycles. The molecule has 4 rings (SSSR count). The van der Waals surface area contributed by atoms with Gasteiger partial charge in [0.15, 0.2) is 0 Å². The molecular weight excluding hydrogens is 342 g/mol. The number of aryl methyl sites for hydroxylation is 1. The maximum Gasteiger partial charge on any atom is 0.224 e. The van der Waals surface area contributed by atoms with Crippen molar-refractivity contribution in [3.05, 3.63) is 52.0 Å². The molecule has 1 N–H and O–H groups in total. The topological polar surface area (TPSA) is 51.0 Å². The summed E-state index contributed by atoms with van der Waals surface area (Å²) in [5, 5.41) is 3.62. The summed E-state index contributed by atoms with van der Waals surface area (Å²) in [5.41, 5.74) is 2.20. The van der Waals surface area contributed by atoms with Crippen LogP contribution in [-0.2, 0) is 6.54 Å². The molecule has 0 saturated carbocycles. The third-order valence-electron chi connectivity index (χ3n) is 4.43. The zero-order valence-corrected chi connectivity index (χ0v) is 15.0. The number of halogens is 1. The molecule has 4 nitrogen and oxygen atoms in total. The third kappa shape index (κ3) is 2.94. The van der Waals surface area contributed by atoms with Gasteiger partial charge >= 0.3 is 0 Å². The van der Waals surface area contributed by atoms with Gasteiger partial charge in [-0.2, -0.15) is 4.98 Å². The largest absolute Gasteiger partial charge is 0.467 e. The molecule has 0 saturated heterocycles. The molecule has 0 radical (unpaired) electrons. The zero-order valence-electron chi connectivity index (χ0n) is 13.4. The van der Waals surface area contributed by atoms with E-state index in [1.54, 1.807) is 17.6 Å². The van der Waals surface area contributed by atoms with Gasteiger partial charge in [0, 0.05) is 4.88 Å². The molecule has 1 aliphatic rings. The number of fused-ring (bicyclic) bond motifs is 1. The summed E-state index contributed by atoms with van der Waals surface area (Å²) in [7, 11) is 0. The number of hydrogen-bond donors (Lipinski definition) is 1. The van der Waals surface area contributed by atoms with Gasteiger partial charge in [-0.1, -0.05) is 12.2 Å². The van der Waals surface area contributed by atoms with Gasteiger partial charge in [-0.3, -0.25) is 0 Å². The molecule has 3 aromatic heterocycles. The minimum atomic E-state index is 0.278. The highest BCUT2D eigenvalue weighted by molar-refractivity contribution is 7.20. The van der Waals surface area contributed by atoms with Crippen molar-refractivity contribution < 1.29 is 4.42 Å². The van der Waals surface area contributed by atoms with Crippen LogP contribution in [0, 0.1) is 6.92 Å². The number of thiophene rings is 1. The normalized spacial score (nSPS) is 17.5. The van der Waals surface area contributed by atoms with E-state index in [0.717, 1.165) is 34.6 Å². The molecule has 1 atom stereocenters. The fraction of sp³-hybridized carbons (Fsp3) is 0.333. The molecule has 0 spiro atoms. The first-order chi connectivity index (χ1) is 11.7. The van der Waals surface area contributed by atoms with Crippen LogP contribution in [0.2, 0.25) is 5.28 Å². The lowest BCUT2D eigenvalue weighted by Crippen LogP contribution is -2.01. The molecule has 124 valence electrons. The fourth-order valence-electron chi connectivity index (χ4n) is 3.20. The lowest BCUT2D eigenvalue weighted by atomic mass is 9.91. The van der Waals surface area contributed by atoms with Gasteiger partial charge in [-0.05, 0) is 61.4 Å². The Morgan fingerprint density at radius 3 is 3.04 bits per heavy atom. The van der Waals surface area contributed by atoms with E-state index in [1.807, 2.05) is 12.1 Å². The number of aromatic nitrogens is 2. The van der Waals surface area contributed by atoms with E-state index in [-0.39, 0.29) is 5.28 Å². The Labute approximate surface area is 149 Å². The van der Waals surface area contributed by atoms with E-state index in [9.17, 15) is 0 Å². The highest BCUT2D eigenvalue weighted by Crippen LogP contribution is 2.42. The van der Waals surface area contributed by atoms with E-state index in [1.165, 1.54) is 16.9 Å².